The SMILES string of the molecule is CN(C(=O)c1c(-c2ccccc2)nc2ncccn12)c1ccc(CC(=O)O)cc1. The summed E-state index contributed by atoms with van der Waals surface area (Å²) in [5.74, 6) is -0.692. The van der Waals surface area contributed by atoms with Gasteiger partial charge in [-0.1, -0.05) is 42.5 Å². The molecule has 1 N–H and O–H groups in total. The van der Waals surface area contributed by atoms with E-state index in [1.807, 2.05) is 30.3 Å². The van der Waals surface area contributed by atoms with Crippen molar-refractivity contribution in [3.05, 3.63) is 84.3 Å². The number of nitrogens with zero attached hydrogens (tertiary/aromatic N) is 4. The number of imidazole rings is 1. The molecule has 144 valence electrons. The molecule has 4 aromatic rings. The first kappa shape index (κ1) is 18.4. The Morgan fingerprint density at radius 1 is 1.03 bits per heavy atom. The Labute approximate surface area is 166 Å². The molecule has 0 fully saturated rings. The minimum atomic E-state index is -0.895. The molecular formula is C22H18N4O3. The maximum absolute atomic E-state index is 13.4. The smallest absolute Gasteiger partial charge is 0.307 e. The minimum Gasteiger partial charge on any atom is -0.481 e. The lowest BCUT2D eigenvalue weighted by Gasteiger charge is -2.18. The van der Waals surface area contributed by atoms with Gasteiger partial charge >= 0.3 is 5.97 Å². The molecule has 2 aromatic carbocycles. The number of amides is 1. The summed E-state index contributed by atoms with van der Waals surface area (Å²) in [5, 5.41) is 8.92. The number of aromatic nitrogens is 3. The number of aliphatic carboxylic acids is 1. The molecular weight excluding hydrogens is 368 g/mol. The van der Waals surface area contributed by atoms with Crippen molar-refractivity contribution in [2.45, 2.75) is 6.42 Å². The van der Waals surface area contributed by atoms with Crippen molar-refractivity contribution in [2.24, 2.45) is 0 Å². The van der Waals surface area contributed by atoms with Crippen LogP contribution in [0.1, 0.15) is 16.1 Å². The summed E-state index contributed by atoms with van der Waals surface area (Å²) in [5.41, 5.74) is 3.12. The van der Waals surface area contributed by atoms with Crippen molar-refractivity contribution in [1.82, 2.24) is 14.4 Å². The number of hydrogen-bond acceptors (Lipinski definition) is 4. The Balaban J connectivity index is 1.75. The Morgan fingerprint density at radius 3 is 2.45 bits per heavy atom. The van der Waals surface area contributed by atoms with E-state index >= 15 is 0 Å². The predicted octanol–water partition coefficient (Wildman–Crippen LogP) is 3.30. The van der Waals surface area contributed by atoms with E-state index in [-0.39, 0.29) is 12.3 Å². The molecule has 4 rings (SSSR count). The highest BCUT2D eigenvalue weighted by molar-refractivity contribution is 6.08. The second-order valence-electron chi connectivity index (χ2n) is 6.57. The van der Waals surface area contributed by atoms with Crippen LogP contribution in [-0.2, 0) is 11.2 Å². The van der Waals surface area contributed by atoms with Crippen molar-refractivity contribution in [3.63, 3.8) is 0 Å². The predicted molar refractivity (Wildman–Crippen MR) is 109 cm³/mol. The lowest BCUT2D eigenvalue weighted by molar-refractivity contribution is -0.136. The van der Waals surface area contributed by atoms with Gasteiger partial charge in [-0.25, -0.2) is 9.97 Å². The highest BCUT2D eigenvalue weighted by atomic mass is 16.4. The fourth-order valence-electron chi connectivity index (χ4n) is 3.18. The van der Waals surface area contributed by atoms with Gasteiger partial charge in [-0.15, -0.1) is 0 Å². The second kappa shape index (κ2) is 7.55. The molecule has 0 aliphatic heterocycles. The van der Waals surface area contributed by atoms with Crippen LogP contribution in [-0.4, -0.2) is 38.4 Å². The number of benzene rings is 2. The molecule has 0 bridgehead atoms. The number of carboxylic acid groups (broad SMARTS) is 1. The molecule has 29 heavy (non-hydrogen) atoms. The zero-order valence-corrected chi connectivity index (χ0v) is 15.7. The van der Waals surface area contributed by atoms with Crippen LogP contribution >= 0.6 is 0 Å². The largest absolute Gasteiger partial charge is 0.481 e. The van der Waals surface area contributed by atoms with Crippen LogP contribution in [0.5, 0.6) is 0 Å². The maximum Gasteiger partial charge on any atom is 0.307 e. The van der Waals surface area contributed by atoms with Crippen LogP contribution in [0.2, 0.25) is 0 Å². The molecule has 0 radical (unpaired) electrons. The normalized spacial score (nSPS) is 10.8. The molecule has 0 aliphatic carbocycles. The number of hydrogen-bond donors (Lipinski definition) is 1. The fourth-order valence-corrected chi connectivity index (χ4v) is 3.18. The van der Waals surface area contributed by atoms with Gasteiger partial charge in [0.1, 0.15) is 11.4 Å². The third-order valence-corrected chi connectivity index (χ3v) is 4.64. The van der Waals surface area contributed by atoms with Crippen molar-refractivity contribution in [2.75, 3.05) is 11.9 Å². The van der Waals surface area contributed by atoms with Gasteiger partial charge in [-0.05, 0) is 23.8 Å². The number of carboxylic acids is 1. The van der Waals surface area contributed by atoms with Gasteiger partial charge in [0, 0.05) is 30.7 Å². The van der Waals surface area contributed by atoms with Crippen molar-refractivity contribution < 1.29 is 14.7 Å². The third-order valence-electron chi connectivity index (χ3n) is 4.64. The van der Waals surface area contributed by atoms with Gasteiger partial charge in [0.25, 0.3) is 5.91 Å². The summed E-state index contributed by atoms with van der Waals surface area (Å²) < 4.78 is 1.68. The Kier molecular flexibility index (Phi) is 4.78. The molecule has 0 spiro atoms. The molecule has 0 saturated heterocycles. The molecule has 7 nitrogen and oxygen atoms in total. The number of carbonyl (C=O) groups is 2. The van der Waals surface area contributed by atoms with Crippen molar-refractivity contribution >= 4 is 23.3 Å². The van der Waals surface area contributed by atoms with Crippen molar-refractivity contribution in [3.8, 4) is 11.3 Å². The van der Waals surface area contributed by atoms with Crippen LogP contribution in [0.4, 0.5) is 5.69 Å². The van der Waals surface area contributed by atoms with Crippen LogP contribution < -0.4 is 4.90 Å². The fraction of sp³-hybridized carbons (Fsp3) is 0.0909. The molecule has 2 heterocycles. The van der Waals surface area contributed by atoms with E-state index < -0.39 is 5.97 Å². The van der Waals surface area contributed by atoms with Gasteiger partial charge in [-0.2, -0.15) is 0 Å². The average molecular weight is 386 g/mol. The number of fused-ring (bicyclic) bond motifs is 1. The highest BCUT2D eigenvalue weighted by Gasteiger charge is 2.24. The lowest BCUT2D eigenvalue weighted by Crippen LogP contribution is -2.28. The summed E-state index contributed by atoms with van der Waals surface area (Å²) in [7, 11) is 1.68. The van der Waals surface area contributed by atoms with Gasteiger partial charge in [0.05, 0.1) is 6.42 Å². The van der Waals surface area contributed by atoms with E-state index in [2.05, 4.69) is 9.97 Å². The van der Waals surface area contributed by atoms with Gasteiger partial charge in [0.15, 0.2) is 0 Å². The van der Waals surface area contributed by atoms with Crippen LogP contribution in [0.25, 0.3) is 17.0 Å². The maximum atomic E-state index is 13.4. The molecule has 7 heteroatoms. The van der Waals surface area contributed by atoms with E-state index in [9.17, 15) is 9.59 Å². The Hall–Kier alpha value is -4.00. The Morgan fingerprint density at radius 2 is 1.76 bits per heavy atom. The number of rotatable bonds is 5. The quantitative estimate of drug-likeness (QED) is 0.569. The van der Waals surface area contributed by atoms with Gasteiger partial charge < -0.3 is 10.0 Å². The van der Waals surface area contributed by atoms with Crippen LogP contribution in [0.15, 0.2) is 73.1 Å². The standard InChI is InChI=1S/C22H18N4O3/c1-25(17-10-8-15(9-11-17)14-18(27)28)21(29)20-19(16-6-3-2-4-7-16)24-22-23-12-5-13-26(20)22/h2-13H,14H2,1H3,(H,27,28). The summed E-state index contributed by atoms with van der Waals surface area (Å²) in [4.78, 5) is 34.6. The van der Waals surface area contributed by atoms with Crippen LogP contribution in [0, 0.1) is 0 Å². The van der Waals surface area contributed by atoms with Crippen molar-refractivity contribution in [1.29, 1.82) is 0 Å². The molecule has 0 unspecified atom stereocenters. The lowest BCUT2D eigenvalue weighted by atomic mass is 10.1. The first-order chi connectivity index (χ1) is 14.0. The minimum absolute atomic E-state index is 0.0605. The highest BCUT2D eigenvalue weighted by Crippen LogP contribution is 2.26. The third kappa shape index (κ3) is 3.58. The van der Waals surface area contributed by atoms with E-state index in [0.29, 0.717) is 28.4 Å². The molecule has 0 aliphatic rings. The average Bonchev–Trinajstić information content (AvgIpc) is 3.13. The second-order valence-corrected chi connectivity index (χ2v) is 6.57. The van der Waals surface area contributed by atoms with Gasteiger partial charge in [0.2, 0.25) is 5.78 Å². The van der Waals surface area contributed by atoms with E-state index in [1.54, 1.807) is 54.2 Å². The summed E-state index contributed by atoms with van der Waals surface area (Å²) in [6.45, 7) is 0. The van der Waals surface area contributed by atoms with E-state index in [0.717, 1.165) is 5.56 Å². The molecule has 0 atom stereocenters. The zero-order chi connectivity index (χ0) is 20.4. The Bertz CT molecular complexity index is 1180. The number of anilines is 1. The summed E-state index contributed by atoms with van der Waals surface area (Å²) in [6.07, 6.45) is 3.34. The number of carbonyl (C=O) groups excluding carboxylic acids is 1. The summed E-state index contributed by atoms with van der Waals surface area (Å²) in [6, 6.07) is 18.1. The zero-order valence-electron chi connectivity index (χ0n) is 15.7. The molecule has 1 amide bonds. The first-order valence-corrected chi connectivity index (χ1v) is 9.02. The topological polar surface area (TPSA) is 87.8 Å². The first-order valence-electron chi connectivity index (χ1n) is 9.02. The van der Waals surface area contributed by atoms with E-state index in [1.165, 1.54) is 4.90 Å². The molecule has 0 saturated carbocycles. The van der Waals surface area contributed by atoms with Gasteiger partial charge in [-0.3, -0.25) is 14.0 Å². The van der Waals surface area contributed by atoms with Crippen LogP contribution in [0.3, 0.4) is 0 Å². The molecule has 2 aromatic heterocycles. The monoisotopic (exact) mass is 386 g/mol. The van der Waals surface area contributed by atoms with E-state index in [4.69, 9.17) is 5.11 Å². The summed E-state index contributed by atoms with van der Waals surface area (Å²) >= 11 is 0.